The number of unbranched alkanes of at least 4 members (excludes halogenated alkanes) is 1. The minimum absolute atomic E-state index is 0.111. The number of hydrogen-bond donors (Lipinski definition) is 1. The second-order valence-corrected chi connectivity index (χ2v) is 6.56. The van der Waals surface area contributed by atoms with Gasteiger partial charge >= 0.3 is 11.8 Å². The van der Waals surface area contributed by atoms with Crippen LogP contribution in [0.4, 0.5) is 0 Å². The molecule has 1 unspecified atom stereocenters. The second-order valence-electron chi connectivity index (χ2n) is 6.56. The zero-order valence-corrected chi connectivity index (χ0v) is 12.9. The highest BCUT2D eigenvalue weighted by Crippen LogP contribution is 2.22. The Morgan fingerprint density at radius 3 is 2.81 bits per heavy atom. The van der Waals surface area contributed by atoms with Crippen molar-refractivity contribution in [2.24, 2.45) is 5.41 Å². The molecule has 0 radical (unpaired) electrons. The van der Waals surface area contributed by atoms with Gasteiger partial charge in [0.05, 0.1) is 17.5 Å². The highest BCUT2D eigenvalue weighted by Gasteiger charge is 2.39. The monoisotopic (exact) mass is 292 g/mol. The maximum absolute atomic E-state index is 12.1. The Morgan fingerprint density at radius 1 is 1.33 bits per heavy atom. The van der Waals surface area contributed by atoms with Crippen LogP contribution in [0.5, 0.6) is 0 Å². The summed E-state index contributed by atoms with van der Waals surface area (Å²) in [5.74, 6) is -0.724. The highest BCUT2D eigenvalue weighted by molar-refractivity contribution is 6.35. The van der Waals surface area contributed by atoms with Crippen LogP contribution in [0.15, 0.2) is 0 Å². The Hall–Kier alpha value is -1.61. The first kappa shape index (κ1) is 15.8. The minimum Gasteiger partial charge on any atom is -0.332 e. The number of hydrogen-bond acceptors (Lipinski definition) is 4. The molecule has 2 amide bonds. The van der Waals surface area contributed by atoms with E-state index < -0.39 is 0 Å². The van der Waals surface area contributed by atoms with E-state index in [1.54, 1.807) is 9.80 Å². The number of piperazine rings is 2. The number of amides is 2. The molecule has 0 aromatic rings. The second kappa shape index (κ2) is 6.44. The topological polar surface area (TPSA) is 76.4 Å². The summed E-state index contributed by atoms with van der Waals surface area (Å²) < 4.78 is 0. The van der Waals surface area contributed by atoms with Crippen LogP contribution in [0, 0.1) is 16.7 Å². The molecule has 0 spiro atoms. The summed E-state index contributed by atoms with van der Waals surface area (Å²) >= 11 is 0. The summed E-state index contributed by atoms with van der Waals surface area (Å²) in [6, 6.07) is 2.39. The van der Waals surface area contributed by atoms with Crippen molar-refractivity contribution in [1.29, 1.82) is 5.26 Å². The van der Waals surface area contributed by atoms with Gasteiger partial charge in [0, 0.05) is 32.7 Å². The van der Waals surface area contributed by atoms with Crippen LogP contribution in [-0.2, 0) is 9.59 Å². The van der Waals surface area contributed by atoms with Gasteiger partial charge in [-0.05, 0) is 26.7 Å². The first-order chi connectivity index (χ1) is 9.94. The molecule has 2 rings (SSSR count). The average Bonchev–Trinajstić information content (AvgIpc) is 2.48. The van der Waals surface area contributed by atoms with Gasteiger partial charge in [-0.2, -0.15) is 5.26 Å². The molecular formula is C15H24N4O2. The molecule has 2 aliphatic heterocycles. The van der Waals surface area contributed by atoms with Gasteiger partial charge in [0.15, 0.2) is 0 Å². The average molecular weight is 292 g/mol. The molecule has 1 atom stereocenters. The fraction of sp³-hybridized carbons (Fsp3) is 0.800. The smallest absolute Gasteiger partial charge is 0.312 e. The van der Waals surface area contributed by atoms with E-state index in [1.165, 1.54) is 0 Å². The molecule has 6 nitrogen and oxygen atoms in total. The molecule has 1 N–H and O–H groups in total. The van der Waals surface area contributed by atoms with E-state index in [0.717, 1.165) is 32.4 Å². The molecule has 0 aromatic carbocycles. The number of nitriles is 1. The van der Waals surface area contributed by atoms with Gasteiger partial charge in [-0.3, -0.25) is 9.59 Å². The van der Waals surface area contributed by atoms with Crippen LogP contribution in [0.3, 0.4) is 0 Å². The zero-order valence-electron chi connectivity index (χ0n) is 12.9. The Morgan fingerprint density at radius 2 is 2.10 bits per heavy atom. The van der Waals surface area contributed by atoms with Crippen molar-refractivity contribution in [2.75, 3.05) is 32.7 Å². The first-order valence-corrected chi connectivity index (χ1v) is 7.66. The molecule has 0 aliphatic carbocycles. The maximum atomic E-state index is 12.1. The van der Waals surface area contributed by atoms with E-state index in [9.17, 15) is 9.59 Å². The molecule has 2 heterocycles. The van der Waals surface area contributed by atoms with Gasteiger partial charge in [0.1, 0.15) is 0 Å². The van der Waals surface area contributed by atoms with Crippen LogP contribution in [0.1, 0.15) is 33.1 Å². The lowest BCUT2D eigenvalue weighted by Crippen LogP contribution is -2.65. The normalized spacial score (nSPS) is 23.0. The third-order valence-corrected chi connectivity index (χ3v) is 4.29. The predicted molar refractivity (Wildman–Crippen MR) is 78.2 cm³/mol. The molecule has 0 saturated carbocycles. The summed E-state index contributed by atoms with van der Waals surface area (Å²) in [7, 11) is 0. The molecule has 2 fully saturated rings. The summed E-state index contributed by atoms with van der Waals surface area (Å²) in [5.41, 5.74) is -0.314. The van der Waals surface area contributed by atoms with Gasteiger partial charge in [0.25, 0.3) is 0 Å². The van der Waals surface area contributed by atoms with Crippen molar-refractivity contribution in [3.8, 4) is 6.07 Å². The quantitative estimate of drug-likeness (QED) is 0.586. The molecule has 2 saturated heterocycles. The highest BCUT2D eigenvalue weighted by atomic mass is 16.2. The third-order valence-electron chi connectivity index (χ3n) is 4.29. The van der Waals surface area contributed by atoms with Crippen molar-refractivity contribution in [1.82, 2.24) is 15.1 Å². The summed E-state index contributed by atoms with van der Waals surface area (Å²) in [5, 5.41) is 12.2. The summed E-state index contributed by atoms with van der Waals surface area (Å²) in [6.45, 7) is 7.23. The van der Waals surface area contributed by atoms with Crippen molar-refractivity contribution < 1.29 is 9.59 Å². The Kier molecular flexibility index (Phi) is 4.84. The Bertz CT molecular complexity index is 455. The predicted octanol–water partition coefficient (Wildman–Crippen LogP) is 0.349. The molecule has 0 aromatic heterocycles. The van der Waals surface area contributed by atoms with Crippen LogP contribution in [0.2, 0.25) is 0 Å². The minimum atomic E-state index is -0.368. The van der Waals surface area contributed by atoms with Gasteiger partial charge in [-0.1, -0.05) is 6.42 Å². The standard InChI is InChI=1S/C15H24N4O2/c1-15(2,11-16)5-3-4-7-18-10-12-9-17-6-8-19(12)14(21)13(18)20/h12,17H,3-10H2,1-2H3. The lowest BCUT2D eigenvalue weighted by molar-refractivity contribution is -0.159. The van der Waals surface area contributed by atoms with Crippen LogP contribution >= 0.6 is 0 Å². The summed E-state index contributed by atoms with van der Waals surface area (Å²) in [6.07, 6.45) is 2.55. The van der Waals surface area contributed by atoms with Crippen LogP contribution in [0.25, 0.3) is 0 Å². The maximum Gasteiger partial charge on any atom is 0.312 e. The van der Waals surface area contributed by atoms with E-state index in [-0.39, 0.29) is 23.3 Å². The van der Waals surface area contributed by atoms with E-state index in [4.69, 9.17) is 5.26 Å². The fourth-order valence-corrected chi connectivity index (χ4v) is 2.91. The van der Waals surface area contributed by atoms with Crippen molar-refractivity contribution >= 4 is 11.8 Å². The number of nitrogens with one attached hydrogen (secondary N) is 1. The van der Waals surface area contributed by atoms with E-state index >= 15 is 0 Å². The van der Waals surface area contributed by atoms with Crippen LogP contribution < -0.4 is 5.32 Å². The first-order valence-electron chi connectivity index (χ1n) is 7.66. The van der Waals surface area contributed by atoms with Crippen molar-refractivity contribution in [2.45, 2.75) is 39.2 Å². The number of rotatable bonds is 5. The number of carbonyl (C=O) groups is 2. The van der Waals surface area contributed by atoms with E-state index in [2.05, 4.69) is 11.4 Å². The van der Waals surface area contributed by atoms with Gasteiger partial charge in [-0.25, -0.2) is 0 Å². The molecular weight excluding hydrogens is 268 g/mol. The number of carbonyl (C=O) groups excluding carboxylic acids is 2. The fourth-order valence-electron chi connectivity index (χ4n) is 2.91. The van der Waals surface area contributed by atoms with E-state index in [0.29, 0.717) is 19.6 Å². The SMILES string of the molecule is CC(C)(C#N)CCCCN1CC2CNCCN2C(=O)C1=O. The largest absolute Gasteiger partial charge is 0.332 e. The lowest BCUT2D eigenvalue weighted by Gasteiger charge is -2.43. The molecule has 2 aliphatic rings. The van der Waals surface area contributed by atoms with Gasteiger partial charge in [0.2, 0.25) is 0 Å². The molecule has 0 bridgehead atoms. The third kappa shape index (κ3) is 3.73. The lowest BCUT2D eigenvalue weighted by atomic mass is 9.89. The molecule has 116 valence electrons. The number of fused-ring (bicyclic) bond motifs is 1. The van der Waals surface area contributed by atoms with Crippen molar-refractivity contribution in [3.05, 3.63) is 0 Å². The zero-order chi connectivity index (χ0) is 15.5. The number of nitrogens with zero attached hydrogens (tertiary/aromatic N) is 3. The summed E-state index contributed by atoms with van der Waals surface area (Å²) in [4.78, 5) is 27.5. The molecule has 6 heteroatoms. The van der Waals surface area contributed by atoms with Crippen molar-refractivity contribution in [3.63, 3.8) is 0 Å². The van der Waals surface area contributed by atoms with E-state index in [1.807, 2.05) is 13.8 Å². The molecule has 21 heavy (non-hydrogen) atoms. The Labute approximate surface area is 126 Å². The van der Waals surface area contributed by atoms with Gasteiger partial charge < -0.3 is 15.1 Å². The van der Waals surface area contributed by atoms with Gasteiger partial charge in [-0.15, -0.1) is 0 Å². The van der Waals surface area contributed by atoms with Crippen LogP contribution in [-0.4, -0.2) is 60.4 Å². The Balaban J connectivity index is 1.82.